The van der Waals surface area contributed by atoms with Crippen LogP contribution in [-0.4, -0.2) is 11.0 Å². The van der Waals surface area contributed by atoms with E-state index in [2.05, 4.69) is 5.32 Å². The van der Waals surface area contributed by atoms with Crippen LogP contribution in [0.4, 0.5) is 11.4 Å². The summed E-state index contributed by atoms with van der Waals surface area (Å²) in [5.74, 6) is 0. The van der Waals surface area contributed by atoms with Crippen LogP contribution >= 0.6 is 0 Å². The molecular formula is C16H24N2O2. The molecular weight excluding hydrogens is 252 g/mol. The third-order valence-corrected chi connectivity index (χ3v) is 4.20. The van der Waals surface area contributed by atoms with Crippen molar-refractivity contribution in [3.05, 3.63) is 33.4 Å². The predicted octanol–water partition coefficient (Wildman–Crippen LogP) is 4.74. The van der Waals surface area contributed by atoms with Crippen LogP contribution in [-0.2, 0) is 0 Å². The van der Waals surface area contributed by atoms with Crippen molar-refractivity contribution in [1.29, 1.82) is 0 Å². The third kappa shape index (κ3) is 3.71. The van der Waals surface area contributed by atoms with Crippen molar-refractivity contribution in [2.75, 3.05) is 5.32 Å². The minimum Gasteiger partial charge on any atom is -0.382 e. The molecule has 1 aliphatic carbocycles. The highest BCUT2D eigenvalue weighted by Gasteiger charge is 2.16. The lowest BCUT2D eigenvalue weighted by molar-refractivity contribution is -0.385. The standard InChI is InChI=1S/C16H24N2O2/c1-12-10-13(2)16(18(19)20)11-15(12)17-14-8-6-4-3-5-7-9-14/h10-11,14,17H,3-9H2,1-2H3. The molecule has 0 heterocycles. The Kier molecular flexibility index (Phi) is 4.99. The Morgan fingerprint density at radius 2 is 1.65 bits per heavy atom. The maximum atomic E-state index is 11.1. The van der Waals surface area contributed by atoms with Crippen molar-refractivity contribution in [2.24, 2.45) is 0 Å². The third-order valence-electron chi connectivity index (χ3n) is 4.20. The lowest BCUT2D eigenvalue weighted by Gasteiger charge is -2.23. The summed E-state index contributed by atoms with van der Waals surface area (Å²) in [4.78, 5) is 10.8. The van der Waals surface area contributed by atoms with Crippen LogP contribution in [0.1, 0.15) is 56.1 Å². The average molecular weight is 276 g/mol. The van der Waals surface area contributed by atoms with Gasteiger partial charge in [-0.25, -0.2) is 0 Å². The van der Waals surface area contributed by atoms with Gasteiger partial charge in [0.25, 0.3) is 5.69 Å². The molecule has 0 spiro atoms. The molecule has 4 nitrogen and oxygen atoms in total. The molecule has 0 bridgehead atoms. The Balaban J connectivity index is 2.14. The van der Waals surface area contributed by atoms with E-state index in [-0.39, 0.29) is 10.6 Å². The quantitative estimate of drug-likeness (QED) is 0.641. The predicted molar refractivity (Wildman–Crippen MR) is 82.3 cm³/mol. The monoisotopic (exact) mass is 276 g/mol. The zero-order valence-corrected chi connectivity index (χ0v) is 12.4. The topological polar surface area (TPSA) is 55.2 Å². The van der Waals surface area contributed by atoms with Crippen molar-refractivity contribution in [3.63, 3.8) is 0 Å². The minimum absolute atomic E-state index is 0.212. The number of aryl methyl sites for hydroxylation is 2. The van der Waals surface area contributed by atoms with Gasteiger partial charge in [0.15, 0.2) is 0 Å². The molecule has 1 aromatic rings. The Morgan fingerprint density at radius 3 is 2.25 bits per heavy atom. The first kappa shape index (κ1) is 14.8. The first-order valence-corrected chi connectivity index (χ1v) is 7.60. The molecule has 0 amide bonds. The number of rotatable bonds is 3. The smallest absolute Gasteiger partial charge is 0.274 e. The van der Waals surface area contributed by atoms with E-state index in [1.807, 2.05) is 13.0 Å². The molecule has 0 unspecified atom stereocenters. The normalized spacial score (nSPS) is 17.3. The van der Waals surface area contributed by atoms with Crippen LogP contribution in [0.25, 0.3) is 0 Å². The van der Waals surface area contributed by atoms with E-state index in [1.54, 1.807) is 13.0 Å². The van der Waals surface area contributed by atoms with Crippen LogP contribution in [0.3, 0.4) is 0 Å². The summed E-state index contributed by atoms with van der Waals surface area (Å²) in [6.45, 7) is 3.81. The van der Waals surface area contributed by atoms with E-state index in [1.165, 1.54) is 44.9 Å². The van der Waals surface area contributed by atoms with Gasteiger partial charge in [0.2, 0.25) is 0 Å². The first-order valence-electron chi connectivity index (χ1n) is 7.60. The highest BCUT2D eigenvalue weighted by atomic mass is 16.6. The number of nitrogens with one attached hydrogen (secondary N) is 1. The highest BCUT2D eigenvalue weighted by molar-refractivity contribution is 5.60. The molecule has 1 aliphatic rings. The minimum atomic E-state index is -0.294. The van der Waals surface area contributed by atoms with E-state index >= 15 is 0 Å². The van der Waals surface area contributed by atoms with E-state index in [4.69, 9.17) is 0 Å². The number of hydrogen-bond donors (Lipinski definition) is 1. The fourth-order valence-electron chi connectivity index (χ4n) is 3.01. The maximum Gasteiger partial charge on any atom is 0.274 e. The van der Waals surface area contributed by atoms with Gasteiger partial charge in [-0.05, 0) is 38.3 Å². The number of nitro benzene ring substituents is 1. The van der Waals surface area contributed by atoms with Gasteiger partial charge < -0.3 is 5.32 Å². The number of nitro groups is 1. The van der Waals surface area contributed by atoms with Crippen molar-refractivity contribution >= 4 is 11.4 Å². The molecule has 1 N–H and O–H groups in total. The zero-order chi connectivity index (χ0) is 14.5. The number of benzene rings is 1. The summed E-state index contributed by atoms with van der Waals surface area (Å²) in [7, 11) is 0. The Morgan fingerprint density at radius 1 is 1.05 bits per heavy atom. The van der Waals surface area contributed by atoms with Gasteiger partial charge in [0.05, 0.1) is 4.92 Å². The Hall–Kier alpha value is -1.58. The second-order valence-corrected chi connectivity index (χ2v) is 5.90. The van der Waals surface area contributed by atoms with Crippen LogP contribution in [0.2, 0.25) is 0 Å². The average Bonchev–Trinajstić information content (AvgIpc) is 2.34. The summed E-state index contributed by atoms with van der Waals surface area (Å²) in [6.07, 6.45) is 8.82. The number of anilines is 1. The second-order valence-electron chi connectivity index (χ2n) is 5.90. The Labute approximate surface area is 120 Å². The van der Waals surface area contributed by atoms with E-state index in [0.717, 1.165) is 16.8 Å². The molecule has 0 atom stereocenters. The summed E-state index contributed by atoms with van der Waals surface area (Å²) in [6, 6.07) is 4.06. The van der Waals surface area contributed by atoms with Gasteiger partial charge in [-0.3, -0.25) is 10.1 Å². The number of nitrogens with zero attached hydrogens (tertiary/aromatic N) is 1. The van der Waals surface area contributed by atoms with Gasteiger partial charge in [-0.15, -0.1) is 0 Å². The van der Waals surface area contributed by atoms with Crippen LogP contribution in [0, 0.1) is 24.0 Å². The molecule has 1 aromatic carbocycles. The molecule has 0 radical (unpaired) electrons. The van der Waals surface area contributed by atoms with Crippen LogP contribution in [0.15, 0.2) is 12.1 Å². The summed E-state index contributed by atoms with van der Waals surface area (Å²) in [5.41, 5.74) is 2.96. The Bertz CT molecular complexity index is 478. The van der Waals surface area contributed by atoms with E-state index in [9.17, 15) is 10.1 Å². The van der Waals surface area contributed by atoms with Crippen molar-refractivity contribution in [2.45, 2.75) is 64.8 Å². The van der Waals surface area contributed by atoms with E-state index < -0.39 is 0 Å². The molecule has 1 fully saturated rings. The fraction of sp³-hybridized carbons (Fsp3) is 0.625. The van der Waals surface area contributed by atoms with Crippen LogP contribution < -0.4 is 5.32 Å². The van der Waals surface area contributed by atoms with Gasteiger partial charge in [0.1, 0.15) is 0 Å². The molecule has 0 aliphatic heterocycles. The lowest BCUT2D eigenvalue weighted by Crippen LogP contribution is -2.21. The van der Waals surface area contributed by atoms with Crippen molar-refractivity contribution in [3.8, 4) is 0 Å². The molecule has 1 saturated carbocycles. The summed E-state index contributed by atoms with van der Waals surface area (Å²) in [5, 5.41) is 14.6. The van der Waals surface area contributed by atoms with Gasteiger partial charge in [-0.1, -0.05) is 32.1 Å². The molecule has 4 heteroatoms. The first-order chi connectivity index (χ1) is 9.58. The second kappa shape index (κ2) is 6.73. The molecule has 2 rings (SSSR count). The molecule has 110 valence electrons. The molecule has 20 heavy (non-hydrogen) atoms. The molecule has 0 saturated heterocycles. The highest BCUT2D eigenvalue weighted by Crippen LogP contribution is 2.28. The van der Waals surface area contributed by atoms with E-state index in [0.29, 0.717) is 6.04 Å². The summed E-state index contributed by atoms with van der Waals surface area (Å²) < 4.78 is 0. The van der Waals surface area contributed by atoms with Gasteiger partial charge >= 0.3 is 0 Å². The SMILES string of the molecule is Cc1cc(C)c([N+](=O)[O-])cc1NC1CCCCCCC1. The largest absolute Gasteiger partial charge is 0.382 e. The fourth-order valence-corrected chi connectivity index (χ4v) is 3.01. The molecule has 0 aromatic heterocycles. The van der Waals surface area contributed by atoms with Crippen molar-refractivity contribution in [1.82, 2.24) is 0 Å². The van der Waals surface area contributed by atoms with Crippen molar-refractivity contribution < 1.29 is 4.92 Å². The zero-order valence-electron chi connectivity index (χ0n) is 12.4. The van der Waals surface area contributed by atoms with Gasteiger partial charge in [0, 0.05) is 23.4 Å². The maximum absolute atomic E-state index is 11.1. The van der Waals surface area contributed by atoms with Crippen LogP contribution in [0.5, 0.6) is 0 Å². The summed E-state index contributed by atoms with van der Waals surface area (Å²) >= 11 is 0. The van der Waals surface area contributed by atoms with Gasteiger partial charge in [-0.2, -0.15) is 0 Å². The lowest BCUT2D eigenvalue weighted by atomic mass is 9.96. The number of hydrogen-bond acceptors (Lipinski definition) is 3.